The maximum Gasteiger partial charge on any atom is 0.342 e. The van der Waals surface area contributed by atoms with Crippen molar-refractivity contribution in [1.82, 2.24) is 0 Å². The number of hydrogen-bond acceptors (Lipinski definition) is 3. The topological polar surface area (TPSA) is 42.2 Å². The van der Waals surface area contributed by atoms with Crippen molar-refractivity contribution in [3.8, 4) is 0 Å². The molecule has 1 aliphatic rings. The molecule has 0 aliphatic carbocycles. The molecule has 3 aromatic carbocycles. The summed E-state index contributed by atoms with van der Waals surface area (Å²) in [5.74, 6) is -0.298. The first-order valence-corrected chi connectivity index (χ1v) is 9.25. The van der Waals surface area contributed by atoms with Crippen LogP contribution < -0.4 is 10.9 Å². The summed E-state index contributed by atoms with van der Waals surface area (Å²) in [6.45, 7) is 0. The second-order valence-electron chi connectivity index (χ2n) is 6.52. The van der Waals surface area contributed by atoms with Crippen molar-refractivity contribution in [3.05, 3.63) is 104 Å². The fraction of sp³-hybridized carbons (Fsp3) is 0.0455. The fourth-order valence-electron chi connectivity index (χ4n) is 3.74. The highest BCUT2D eigenvalue weighted by atomic mass is 35.5. The van der Waals surface area contributed by atoms with Gasteiger partial charge in [0.25, 0.3) is 0 Å². The van der Waals surface area contributed by atoms with Gasteiger partial charge in [-0.05, 0) is 53.6 Å². The van der Waals surface area contributed by atoms with E-state index < -0.39 is 0 Å². The Morgan fingerprint density at radius 1 is 0.889 bits per heavy atom. The van der Waals surface area contributed by atoms with E-state index in [1.807, 2.05) is 60.7 Å². The molecule has 5 heteroatoms. The lowest BCUT2D eigenvalue weighted by atomic mass is 9.81. The van der Waals surface area contributed by atoms with Crippen LogP contribution in [-0.2, 0) is 0 Å². The van der Waals surface area contributed by atoms with Crippen LogP contribution in [0.4, 0.5) is 11.4 Å². The van der Waals surface area contributed by atoms with Gasteiger partial charge in [-0.15, -0.1) is 0 Å². The van der Waals surface area contributed by atoms with Gasteiger partial charge >= 0.3 is 5.63 Å². The molecule has 5 rings (SSSR count). The molecule has 0 saturated heterocycles. The average Bonchev–Trinajstić information content (AvgIpc) is 2.67. The van der Waals surface area contributed by atoms with Crippen LogP contribution in [0.1, 0.15) is 22.6 Å². The minimum absolute atomic E-state index is 0.298. The smallest absolute Gasteiger partial charge is 0.342 e. The maximum atomic E-state index is 13.0. The van der Waals surface area contributed by atoms with Crippen molar-refractivity contribution in [2.24, 2.45) is 0 Å². The van der Waals surface area contributed by atoms with Gasteiger partial charge in [-0.25, -0.2) is 4.79 Å². The fourth-order valence-corrected chi connectivity index (χ4v) is 4.05. The molecule has 0 radical (unpaired) electrons. The molecule has 0 spiro atoms. The first-order valence-electron chi connectivity index (χ1n) is 8.49. The molecule has 0 bridgehead atoms. The van der Waals surface area contributed by atoms with Crippen LogP contribution in [0.3, 0.4) is 0 Å². The normalized spacial score (nSPS) is 15.1. The van der Waals surface area contributed by atoms with Crippen molar-refractivity contribution in [2.45, 2.75) is 5.92 Å². The second-order valence-corrected chi connectivity index (χ2v) is 7.39. The highest BCUT2D eigenvalue weighted by molar-refractivity contribution is 6.31. The lowest BCUT2D eigenvalue weighted by Gasteiger charge is -2.29. The van der Waals surface area contributed by atoms with E-state index in [1.165, 1.54) is 0 Å². The number of hydrogen-bond donors (Lipinski definition) is 1. The summed E-state index contributed by atoms with van der Waals surface area (Å²) in [5, 5.41) is 5.54. The van der Waals surface area contributed by atoms with Gasteiger partial charge < -0.3 is 9.73 Å². The third-order valence-electron chi connectivity index (χ3n) is 4.92. The maximum absolute atomic E-state index is 13.0. The molecule has 2 heterocycles. The Kier molecular flexibility index (Phi) is 3.74. The Morgan fingerprint density at radius 3 is 2.44 bits per heavy atom. The Labute approximate surface area is 165 Å². The van der Waals surface area contributed by atoms with E-state index in [9.17, 15) is 4.79 Å². The van der Waals surface area contributed by atoms with E-state index in [0.29, 0.717) is 21.2 Å². The lowest BCUT2D eigenvalue weighted by Crippen LogP contribution is -2.22. The molecule has 0 amide bonds. The van der Waals surface area contributed by atoms with Crippen LogP contribution in [0.2, 0.25) is 10.0 Å². The quantitative estimate of drug-likeness (QED) is 0.338. The van der Waals surface area contributed by atoms with E-state index in [2.05, 4.69) is 5.32 Å². The van der Waals surface area contributed by atoms with Gasteiger partial charge in [0.2, 0.25) is 0 Å². The SMILES string of the molecule is O=c1oc2ccccc2c2c1C(c1ccc(Cl)cc1)c1cc(Cl)ccc1N2. The molecule has 1 N–H and O–H groups in total. The second kappa shape index (κ2) is 6.15. The van der Waals surface area contributed by atoms with Crippen molar-refractivity contribution < 1.29 is 4.42 Å². The number of halogens is 2. The van der Waals surface area contributed by atoms with Crippen LogP contribution in [0, 0.1) is 0 Å². The summed E-state index contributed by atoms with van der Waals surface area (Å²) in [6, 6.07) is 20.7. The zero-order valence-electron chi connectivity index (χ0n) is 14.0. The third-order valence-corrected chi connectivity index (χ3v) is 5.41. The zero-order valence-corrected chi connectivity index (χ0v) is 15.5. The summed E-state index contributed by atoms with van der Waals surface area (Å²) in [4.78, 5) is 13.0. The van der Waals surface area contributed by atoms with Crippen LogP contribution in [0.5, 0.6) is 0 Å². The summed E-state index contributed by atoms with van der Waals surface area (Å²) >= 11 is 12.3. The summed E-state index contributed by atoms with van der Waals surface area (Å²) in [6.07, 6.45) is 0. The van der Waals surface area contributed by atoms with E-state index in [0.717, 1.165) is 27.9 Å². The Balaban J connectivity index is 1.87. The molecule has 0 saturated carbocycles. The molecule has 27 heavy (non-hydrogen) atoms. The third kappa shape index (κ3) is 2.62. The predicted molar refractivity (Wildman–Crippen MR) is 110 cm³/mol. The first-order chi connectivity index (χ1) is 13.1. The van der Waals surface area contributed by atoms with Crippen molar-refractivity contribution in [2.75, 3.05) is 5.32 Å². The molecule has 132 valence electrons. The van der Waals surface area contributed by atoms with Gasteiger partial charge in [0.1, 0.15) is 5.58 Å². The standard InChI is InChI=1S/C22H13Cl2NO2/c23-13-7-5-12(6-8-13)19-16-11-14(24)9-10-17(16)25-21-15-3-1-2-4-18(15)27-22(26)20(19)21/h1-11,19,25H. The lowest BCUT2D eigenvalue weighted by molar-refractivity contribution is 0.549. The first kappa shape index (κ1) is 16.4. The van der Waals surface area contributed by atoms with Gasteiger partial charge in [-0.2, -0.15) is 0 Å². The van der Waals surface area contributed by atoms with Crippen LogP contribution in [0.25, 0.3) is 11.0 Å². The molecule has 1 aromatic heterocycles. The van der Waals surface area contributed by atoms with Crippen LogP contribution in [-0.4, -0.2) is 0 Å². The number of para-hydroxylation sites is 1. The Hall–Kier alpha value is -2.75. The number of anilines is 2. The van der Waals surface area contributed by atoms with E-state index in [4.69, 9.17) is 27.6 Å². The predicted octanol–water partition coefficient (Wildman–Crippen LogP) is 6.34. The zero-order chi connectivity index (χ0) is 18.5. The molecule has 1 unspecified atom stereocenters. The average molecular weight is 394 g/mol. The molecular formula is C22H13Cl2NO2. The molecular weight excluding hydrogens is 381 g/mol. The number of fused-ring (bicyclic) bond motifs is 4. The highest BCUT2D eigenvalue weighted by Gasteiger charge is 2.32. The summed E-state index contributed by atoms with van der Waals surface area (Å²) in [5.41, 5.74) is 4.35. The van der Waals surface area contributed by atoms with E-state index in [1.54, 1.807) is 6.07 Å². The van der Waals surface area contributed by atoms with Crippen molar-refractivity contribution in [1.29, 1.82) is 0 Å². The van der Waals surface area contributed by atoms with E-state index >= 15 is 0 Å². The van der Waals surface area contributed by atoms with Crippen molar-refractivity contribution >= 4 is 45.5 Å². The molecule has 1 aliphatic heterocycles. The number of benzene rings is 3. The minimum atomic E-state index is -0.359. The van der Waals surface area contributed by atoms with Crippen LogP contribution in [0.15, 0.2) is 75.9 Å². The molecule has 4 aromatic rings. The summed E-state index contributed by atoms with van der Waals surface area (Å²) < 4.78 is 5.63. The highest BCUT2D eigenvalue weighted by Crippen LogP contribution is 2.46. The molecule has 0 fully saturated rings. The minimum Gasteiger partial charge on any atom is -0.422 e. The van der Waals surface area contributed by atoms with Crippen molar-refractivity contribution in [3.63, 3.8) is 0 Å². The largest absolute Gasteiger partial charge is 0.422 e. The number of rotatable bonds is 1. The van der Waals surface area contributed by atoms with Gasteiger partial charge in [-0.3, -0.25) is 0 Å². The molecule has 3 nitrogen and oxygen atoms in total. The van der Waals surface area contributed by atoms with Gasteiger partial charge in [0, 0.05) is 27.0 Å². The van der Waals surface area contributed by atoms with Gasteiger partial charge in [-0.1, -0.05) is 47.5 Å². The summed E-state index contributed by atoms with van der Waals surface area (Å²) in [7, 11) is 0. The Morgan fingerprint density at radius 2 is 1.63 bits per heavy atom. The van der Waals surface area contributed by atoms with E-state index in [-0.39, 0.29) is 11.5 Å². The van der Waals surface area contributed by atoms with Crippen LogP contribution >= 0.6 is 23.2 Å². The number of nitrogens with one attached hydrogen (secondary N) is 1. The van der Waals surface area contributed by atoms with Gasteiger partial charge in [0.05, 0.1) is 11.3 Å². The Bertz CT molecular complexity index is 1250. The molecule has 1 atom stereocenters. The monoisotopic (exact) mass is 393 g/mol. The van der Waals surface area contributed by atoms with Gasteiger partial charge in [0.15, 0.2) is 0 Å².